The first-order valence-corrected chi connectivity index (χ1v) is 9.67. The number of pyridine rings is 1. The van der Waals surface area contributed by atoms with Crippen molar-refractivity contribution in [2.45, 2.75) is 65.7 Å². The lowest BCUT2D eigenvalue weighted by atomic mass is 9.94. The molecule has 2 aromatic rings. The van der Waals surface area contributed by atoms with Crippen LogP contribution in [0.3, 0.4) is 0 Å². The molecule has 0 radical (unpaired) electrons. The van der Waals surface area contributed by atoms with Gasteiger partial charge in [-0.3, -0.25) is 0 Å². The number of fused-ring (bicyclic) bond motifs is 1. The van der Waals surface area contributed by atoms with Crippen molar-refractivity contribution in [3.05, 3.63) is 52.7 Å². The first-order valence-electron chi connectivity index (χ1n) is 9.67. The number of rotatable bonds is 4. The van der Waals surface area contributed by atoms with Gasteiger partial charge in [0.2, 0.25) is 0 Å². The van der Waals surface area contributed by atoms with Gasteiger partial charge in [0.15, 0.2) is 0 Å². The maximum absolute atomic E-state index is 12.9. The van der Waals surface area contributed by atoms with Gasteiger partial charge in [0.1, 0.15) is 29.3 Å². The van der Waals surface area contributed by atoms with E-state index in [1.165, 1.54) is 0 Å². The lowest BCUT2D eigenvalue weighted by Crippen LogP contribution is -2.51. The van der Waals surface area contributed by atoms with Crippen LogP contribution in [0.25, 0.3) is 0 Å². The Morgan fingerprint density at radius 2 is 1.86 bits per heavy atom. The average Bonchev–Trinajstić information content (AvgIpc) is 2.87. The van der Waals surface area contributed by atoms with Gasteiger partial charge >= 0.3 is 5.97 Å². The Kier molecular flexibility index (Phi) is 5.13. The summed E-state index contributed by atoms with van der Waals surface area (Å²) in [6.07, 6.45) is 0.550. The molecule has 0 aliphatic carbocycles. The fourth-order valence-corrected chi connectivity index (χ4v) is 3.58. The second-order valence-corrected chi connectivity index (χ2v) is 8.74. The van der Waals surface area contributed by atoms with E-state index >= 15 is 0 Å². The quantitative estimate of drug-likeness (QED) is 0.735. The van der Waals surface area contributed by atoms with Gasteiger partial charge in [-0.15, -0.1) is 0 Å². The molecule has 0 saturated heterocycles. The summed E-state index contributed by atoms with van der Waals surface area (Å²) < 4.78 is 11.8. The zero-order chi connectivity index (χ0) is 20.7. The third-order valence-electron chi connectivity index (χ3n) is 5.31. The molecular formula is C23H30N2O3. The van der Waals surface area contributed by atoms with Crippen molar-refractivity contribution in [2.75, 3.05) is 11.9 Å². The van der Waals surface area contributed by atoms with Crippen LogP contribution in [0.2, 0.25) is 0 Å². The van der Waals surface area contributed by atoms with E-state index in [1.807, 2.05) is 83.8 Å². The molecule has 2 heterocycles. The molecule has 0 amide bonds. The monoisotopic (exact) mass is 382 g/mol. The van der Waals surface area contributed by atoms with Crippen molar-refractivity contribution in [2.24, 2.45) is 0 Å². The zero-order valence-electron chi connectivity index (χ0n) is 17.9. The highest BCUT2D eigenvalue weighted by atomic mass is 16.6. The SMILES string of the molecule is Cc1nc2c(c(C)c1OCc1ccccc1)CC(C)(C(=O)OC(C)(C)C)N2C. The predicted octanol–water partition coefficient (Wildman–Crippen LogP) is 4.37. The maximum Gasteiger partial charge on any atom is 0.332 e. The molecule has 1 unspecified atom stereocenters. The van der Waals surface area contributed by atoms with E-state index in [0.29, 0.717) is 13.0 Å². The van der Waals surface area contributed by atoms with E-state index < -0.39 is 11.1 Å². The third kappa shape index (κ3) is 3.71. The summed E-state index contributed by atoms with van der Waals surface area (Å²) in [6.45, 7) is 12.1. The number of ether oxygens (including phenoxy) is 2. The van der Waals surface area contributed by atoms with Gasteiger partial charge in [-0.1, -0.05) is 30.3 Å². The summed E-state index contributed by atoms with van der Waals surface area (Å²) in [5.41, 5.74) is 2.71. The van der Waals surface area contributed by atoms with Crippen LogP contribution in [0.4, 0.5) is 5.82 Å². The van der Waals surface area contributed by atoms with E-state index in [2.05, 4.69) is 0 Å². The van der Waals surface area contributed by atoms with Crippen molar-refractivity contribution in [1.29, 1.82) is 0 Å². The summed E-state index contributed by atoms with van der Waals surface area (Å²) in [5.74, 6) is 1.39. The molecule has 0 spiro atoms. The van der Waals surface area contributed by atoms with E-state index in [-0.39, 0.29) is 5.97 Å². The molecule has 28 heavy (non-hydrogen) atoms. The zero-order valence-corrected chi connectivity index (χ0v) is 17.9. The van der Waals surface area contributed by atoms with Crippen molar-refractivity contribution >= 4 is 11.8 Å². The largest absolute Gasteiger partial charge is 0.487 e. The van der Waals surface area contributed by atoms with Crippen molar-refractivity contribution in [3.63, 3.8) is 0 Å². The molecule has 3 rings (SSSR count). The molecule has 1 aromatic carbocycles. The summed E-state index contributed by atoms with van der Waals surface area (Å²) in [7, 11) is 1.91. The Bertz CT molecular complexity index is 887. The first kappa shape index (κ1) is 20.2. The number of likely N-dealkylation sites (N-methyl/N-ethyl adjacent to an activating group) is 1. The molecule has 1 atom stereocenters. The van der Waals surface area contributed by atoms with Gasteiger partial charge in [0, 0.05) is 19.0 Å². The summed E-state index contributed by atoms with van der Waals surface area (Å²) in [5, 5.41) is 0. The predicted molar refractivity (Wildman–Crippen MR) is 111 cm³/mol. The molecule has 0 saturated carbocycles. The molecule has 150 valence electrons. The van der Waals surface area contributed by atoms with Crippen LogP contribution in [-0.4, -0.2) is 29.1 Å². The van der Waals surface area contributed by atoms with Gasteiger partial charge in [0.05, 0.1) is 5.69 Å². The molecule has 0 bridgehead atoms. The number of nitrogens with zero attached hydrogens (tertiary/aromatic N) is 2. The maximum atomic E-state index is 12.9. The van der Waals surface area contributed by atoms with Gasteiger partial charge in [0.25, 0.3) is 0 Å². The van der Waals surface area contributed by atoms with E-state index in [9.17, 15) is 4.79 Å². The third-order valence-corrected chi connectivity index (χ3v) is 5.31. The molecule has 1 aliphatic heterocycles. The van der Waals surface area contributed by atoms with Gasteiger partial charge in [-0.25, -0.2) is 9.78 Å². The van der Waals surface area contributed by atoms with Crippen LogP contribution in [0, 0.1) is 13.8 Å². The summed E-state index contributed by atoms with van der Waals surface area (Å²) in [6, 6.07) is 10.1. The van der Waals surface area contributed by atoms with Crippen LogP contribution in [-0.2, 0) is 22.6 Å². The van der Waals surface area contributed by atoms with Gasteiger partial charge in [-0.2, -0.15) is 0 Å². The number of carbonyl (C=O) groups excluding carboxylic acids is 1. The molecule has 0 N–H and O–H groups in total. The number of aromatic nitrogens is 1. The smallest absolute Gasteiger partial charge is 0.332 e. The average molecular weight is 383 g/mol. The fraction of sp³-hybridized carbons (Fsp3) is 0.478. The topological polar surface area (TPSA) is 51.7 Å². The van der Waals surface area contributed by atoms with Crippen LogP contribution < -0.4 is 9.64 Å². The lowest BCUT2D eigenvalue weighted by Gasteiger charge is -2.34. The number of benzene rings is 1. The number of anilines is 1. The molecule has 1 aromatic heterocycles. The molecule has 5 nitrogen and oxygen atoms in total. The Morgan fingerprint density at radius 1 is 1.21 bits per heavy atom. The fourth-order valence-electron chi connectivity index (χ4n) is 3.58. The van der Waals surface area contributed by atoms with Crippen LogP contribution in [0.1, 0.15) is 50.1 Å². The van der Waals surface area contributed by atoms with Crippen molar-refractivity contribution in [3.8, 4) is 5.75 Å². The lowest BCUT2D eigenvalue weighted by molar-refractivity contribution is -0.160. The van der Waals surface area contributed by atoms with Crippen molar-refractivity contribution < 1.29 is 14.3 Å². The number of hydrogen-bond donors (Lipinski definition) is 0. The number of hydrogen-bond acceptors (Lipinski definition) is 5. The van der Waals surface area contributed by atoms with Crippen LogP contribution in [0.5, 0.6) is 5.75 Å². The minimum atomic E-state index is -0.780. The highest BCUT2D eigenvalue weighted by molar-refractivity contribution is 5.88. The standard InChI is InChI=1S/C23H30N2O3/c1-15-18-13-23(6,21(26)28-22(3,4)5)25(7)20(18)24-16(2)19(15)27-14-17-11-9-8-10-12-17/h8-12H,13-14H2,1-7H3. The minimum Gasteiger partial charge on any atom is -0.487 e. The highest BCUT2D eigenvalue weighted by Gasteiger charge is 2.48. The van der Waals surface area contributed by atoms with Crippen LogP contribution >= 0.6 is 0 Å². The number of carbonyl (C=O) groups is 1. The Balaban J connectivity index is 1.89. The molecular weight excluding hydrogens is 352 g/mol. The second-order valence-electron chi connectivity index (χ2n) is 8.74. The molecule has 0 fully saturated rings. The number of esters is 1. The van der Waals surface area contributed by atoms with E-state index in [0.717, 1.165) is 34.0 Å². The summed E-state index contributed by atoms with van der Waals surface area (Å²) >= 11 is 0. The van der Waals surface area contributed by atoms with Crippen molar-refractivity contribution in [1.82, 2.24) is 4.98 Å². The Hall–Kier alpha value is -2.56. The van der Waals surface area contributed by atoms with Crippen LogP contribution in [0.15, 0.2) is 30.3 Å². The Morgan fingerprint density at radius 3 is 2.46 bits per heavy atom. The second kappa shape index (κ2) is 7.12. The molecule has 1 aliphatic rings. The Labute approximate surface area is 167 Å². The normalized spacial score (nSPS) is 18.8. The molecule has 5 heteroatoms. The first-order chi connectivity index (χ1) is 13.0. The van der Waals surface area contributed by atoms with Gasteiger partial charge < -0.3 is 14.4 Å². The summed E-state index contributed by atoms with van der Waals surface area (Å²) in [4.78, 5) is 19.6. The highest BCUT2D eigenvalue weighted by Crippen LogP contribution is 2.42. The van der Waals surface area contributed by atoms with Gasteiger partial charge in [-0.05, 0) is 52.7 Å². The minimum absolute atomic E-state index is 0.232. The number of aryl methyl sites for hydroxylation is 1. The van der Waals surface area contributed by atoms with E-state index in [4.69, 9.17) is 14.5 Å². The van der Waals surface area contributed by atoms with E-state index in [1.54, 1.807) is 0 Å².